The van der Waals surface area contributed by atoms with E-state index in [0.717, 1.165) is 23.7 Å². The molecule has 3 rings (SSSR count). The highest BCUT2D eigenvalue weighted by Crippen LogP contribution is 2.31. The first-order valence-corrected chi connectivity index (χ1v) is 9.39. The molecule has 2 fully saturated rings. The zero-order chi connectivity index (χ0) is 17.9. The van der Waals surface area contributed by atoms with E-state index >= 15 is 0 Å². The van der Waals surface area contributed by atoms with Gasteiger partial charge in [0.2, 0.25) is 5.91 Å². The molecule has 6 heteroatoms. The van der Waals surface area contributed by atoms with Crippen molar-refractivity contribution in [3.8, 4) is 6.01 Å². The molecule has 1 aromatic rings. The quantitative estimate of drug-likeness (QED) is 0.855. The number of nitrogens with zero attached hydrogens (tertiary/aromatic N) is 3. The second-order valence-corrected chi connectivity index (χ2v) is 7.66. The summed E-state index contributed by atoms with van der Waals surface area (Å²) < 4.78 is 5.63. The van der Waals surface area contributed by atoms with Gasteiger partial charge in [-0.3, -0.25) is 4.79 Å². The highest BCUT2D eigenvalue weighted by atomic mass is 16.5. The largest absolute Gasteiger partial charge is 0.460 e. The summed E-state index contributed by atoms with van der Waals surface area (Å²) in [6.45, 7) is 5.14. The summed E-state index contributed by atoms with van der Waals surface area (Å²) in [6, 6.07) is 2.19. The van der Waals surface area contributed by atoms with Crippen molar-refractivity contribution in [1.29, 1.82) is 0 Å². The van der Waals surface area contributed by atoms with Crippen LogP contribution in [0.25, 0.3) is 0 Å². The van der Waals surface area contributed by atoms with E-state index in [2.05, 4.69) is 9.97 Å². The van der Waals surface area contributed by atoms with Gasteiger partial charge in [0.05, 0.1) is 0 Å². The van der Waals surface area contributed by atoms with Crippen LogP contribution in [0.2, 0.25) is 0 Å². The summed E-state index contributed by atoms with van der Waals surface area (Å²) in [7, 11) is 0. The third kappa shape index (κ3) is 4.91. The molecule has 2 aliphatic rings. The molecule has 0 radical (unpaired) electrons. The topological polar surface area (TPSA) is 75.6 Å². The number of carbonyl (C=O) groups is 1. The van der Waals surface area contributed by atoms with Gasteiger partial charge in [-0.2, -0.15) is 0 Å². The van der Waals surface area contributed by atoms with Crippen LogP contribution in [0.3, 0.4) is 0 Å². The minimum atomic E-state index is -0.911. The molecule has 1 saturated carbocycles. The van der Waals surface area contributed by atoms with Gasteiger partial charge in [0.15, 0.2) is 0 Å². The van der Waals surface area contributed by atoms with E-state index in [9.17, 15) is 9.90 Å². The number of piperidine rings is 1. The monoisotopic (exact) mass is 347 g/mol. The highest BCUT2D eigenvalue weighted by Gasteiger charge is 2.35. The summed E-state index contributed by atoms with van der Waals surface area (Å²) in [5, 5.41) is 10.7. The molecule has 1 N–H and O–H groups in total. The zero-order valence-electron chi connectivity index (χ0n) is 15.3. The molecule has 0 aromatic carbocycles. The molecule has 0 spiro atoms. The van der Waals surface area contributed by atoms with E-state index in [1.165, 1.54) is 19.3 Å². The van der Waals surface area contributed by atoms with Crippen LogP contribution in [0.4, 0.5) is 0 Å². The molecule has 1 amide bonds. The Balaban J connectivity index is 1.44. The number of hydrogen-bond acceptors (Lipinski definition) is 5. The molecule has 1 aliphatic carbocycles. The van der Waals surface area contributed by atoms with Crippen LogP contribution in [0.15, 0.2) is 6.07 Å². The summed E-state index contributed by atoms with van der Waals surface area (Å²) in [6.07, 6.45) is 6.62. The van der Waals surface area contributed by atoms with Crippen LogP contribution >= 0.6 is 0 Å². The minimum Gasteiger partial charge on any atom is -0.460 e. The lowest BCUT2D eigenvalue weighted by Crippen LogP contribution is -2.49. The smallest absolute Gasteiger partial charge is 0.316 e. The highest BCUT2D eigenvalue weighted by molar-refractivity contribution is 5.76. The normalized spacial score (nSPS) is 20.2. The van der Waals surface area contributed by atoms with Gasteiger partial charge < -0.3 is 14.7 Å². The van der Waals surface area contributed by atoms with Crippen LogP contribution in [-0.4, -0.2) is 51.2 Å². The Bertz CT molecular complexity index is 588. The number of ether oxygens (including phenoxy) is 1. The third-order valence-electron chi connectivity index (χ3n) is 5.47. The number of hydrogen-bond donors (Lipinski definition) is 1. The molecule has 0 bridgehead atoms. The molecular formula is C19H29N3O3. The predicted octanol–water partition coefficient (Wildman–Crippen LogP) is 2.41. The maximum absolute atomic E-state index is 12.3. The van der Waals surface area contributed by atoms with Gasteiger partial charge in [-0.05, 0) is 45.1 Å². The van der Waals surface area contributed by atoms with Crippen molar-refractivity contribution >= 4 is 5.91 Å². The second kappa shape index (κ2) is 7.68. The summed E-state index contributed by atoms with van der Waals surface area (Å²) >= 11 is 0. The molecule has 1 aliphatic heterocycles. The number of amides is 1. The molecule has 1 saturated heterocycles. The fraction of sp³-hybridized carbons (Fsp3) is 0.737. The molecule has 138 valence electrons. The van der Waals surface area contributed by atoms with E-state index in [4.69, 9.17) is 4.74 Å². The van der Waals surface area contributed by atoms with Crippen molar-refractivity contribution in [3.05, 3.63) is 17.5 Å². The Morgan fingerprint density at radius 3 is 2.48 bits per heavy atom. The van der Waals surface area contributed by atoms with Gasteiger partial charge in [0.1, 0.15) is 12.2 Å². The van der Waals surface area contributed by atoms with Gasteiger partial charge in [0.25, 0.3) is 0 Å². The molecule has 1 aromatic heterocycles. The van der Waals surface area contributed by atoms with Gasteiger partial charge >= 0.3 is 6.01 Å². The van der Waals surface area contributed by atoms with Gasteiger partial charge in [-0.15, -0.1) is 0 Å². The molecular weight excluding hydrogens is 318 g/mol. The number of rotatable bonds is 6. The average molecular weight is 347 g/mol. The molecule has 0 unspecified atom stereocenters. The Morgan fingerprint density at radius 1 is 1.28 bits per heavy atom. The van der Waals surface area contributed by atoms with E-state index in [1.807, 2.05) is 24.8 Å². The first kappa shape index (κ1) is 18.1. The number of carbonyl (C=O) groups excluding carboxylic acids is 1. The van der Waals surface area contributed by atoms with E-state index in [0.29, 0.717) is 38.4 Å². The van der Waals surface area contributed by atoms with Gasteiger partial charge in [-0.1, -0.05) is 19.3 Å². The number of aromatic nitrogens is 2. The van der Waals surface area contributed by atoms with Crippen molar-refractivity contribution in [2.24, 2.45) is 5.92 Å². The fourth-order valence-corrected chi connectivity index (χ4v) is 3.54. The van der Waals surface area contributed by atoms with Crippen molar-refractivity contribution in [3.63, 3.8) is 0 Å². The summed E-state index contributed by atoms with van der Waals surface area (Å²) in [5.41, 5.74) is 0.786. The predicted molar refractivity (Wildman–Crippen MR) is 94.3 cm³/mol. The number of aryl methyl sites for hydroxylation is 2. The van der Waals surface area contributed by atoms with Crippen molar-refractivity contribution in [1.82, 2.24) is 14.9 Å². The zero-order valence-corrected chi connectivity index (χ0v) is 15.3. The Morgan fingerprint density at radius 2 is 1.92 bits per heavy atom. The summed E-state index contributed by atoms with van der Waals surface area (Å²) in [5.74, 6) is 0.990. The van der Waals surface area contributed by atoms with Crippen molar-refractivity contribution < 1.29 is 14.6 Å². The van der Waals surface area contributed by atoms with Crippen LogP contribution < -0.4 is 4.74 Å². The van der Waals surface area contributed by atoms with Gasteiger partial charge in [0, 0.05) is 30.9 Å². The first-order valence-electron chi connectivity index (χ1n) is 9.39. The molecule has 0 atom stereocenters. The lowest BCUT2D eigenvalue weighted by molar-refractivity contribution is -0.137. The number of likely N-dealkylation sites (tertiary alicyclic amines) is 1. The lowest BCUT2D eigenvalue weighted by Gasteiger charge is -2.38. The lowest BCUT2D eigenvalue weighted by atomic mass is 9.82. The summed E-state index contributed by atoms with van der Waals surface area (Å²) in [4.78, 5) is 22.7. The minimum absolute atomic E-state index is 0.167. The first-order chi connectivity index (χ1) is 11.9. The molecule has 6 nitrogen and oxygen atoms in total. The van der Waals surface area contributed by atoms with Crippen molar-refractivity contribution in [2.45, 2.75) is 64.4 Å². The third-order valence-corrected chi connectivity index (χ3v) is 5.47. The fourth-order valence-electron chi connectivity index (χ4n) is 3.54. The van der Waals surface area contributed by atoms with E-state index < -0.39 is 5.60 Å². The SMILES string of the molecule is Cc1cc(C)nc(OCC2(O)CCN(C(=O)CCC3CCC3)CC2)n1. The van der Waals surface area contributed by atoms with E-state index in [-0.39, 0.29) is 12.5 Å². The average Bonchev–Trinajstić information content (AvgIpc) is 2.51. The van der Waals surface area contributed by atoms with Crippen LogP contribution in [-0.2, 0) is 4.79 Å². The Hall–Kier alpha value is -1.69. The molecule has 2 heterocycles. The van der Waals surface area contributed by atoms with Crippen LogP contribution in [0, 0.1) is 19.8 Å². The van der Waals surface area contributed by atoms with Crippen LogP contribution in [0.5, 0.6) is 6.01 Å². The Labute approximate surface area is 149 Å². The van der Waals surface area contributed by atoms with E-state index in [1.54, 1.807) is 0 Å². The van der Waals surface area contributed by atoms with Crippen molar-refractivity contribution in [2.75, 3.05) is 19.7 Å². The number of aliphatic hydroxyl groups is 1. The molecule has 25 heavy (non-hydrogen) atoms. The maximum atomic E-state index is 12.3. The van der Waals surface area contributed by atoms with Crippen LogP contribution in [0.1, 0.15) is 56.3 Å². The van der Waals surface area contributed by atoms with Gasteiger partial charge in [-0.25, -0.2) is 9.97 Å². The second-order valence-electron chi connectivity index (χ2n) is 7.66. The standard InChI is InChI=1S/C19H29N3O3/c1-14-12-15(2)21-18(20-14)25-13-19(24)8-10-22(11-9-19)17(23)7-6-16-4-3-5-16/h12,16,24H,3-11,13H2,1-2H3. The Kier molecular flexibility index (Phi) is 5.57. The maximum Gasteiger partial charge on any atom is 0.316 e.